The third-order valence-electron chi connectivity index (χ3n) is 3.03. The van der Waals surface area contributed by atoms with E-state index in [-0.39, 0.29) is 0 Å². The van der Waals surface area contributed by atoms with E-state index in [0.717, 1.165) is 6.42 Å². The Morgan fingerprint density at radius 3 is 2.33 bits per heavy atom. The second kappa shape index (κ2) is 3.61. The van der Waals surface area contributed by atoms with Crippen molar-refractivity contribution in [1.82, 2.24) is 9.97 Å². The average molecular weight is 202 g/mol. The van der Waals surface area contributed by atoms with Crippen molar-refractivity contribution < 1.29 is 0 Å². The first kappa shape index (κ1) is 10.1. The Morgan fingerprint density at radius 2 is 1.87 bits per heavy atom. The maximum Gasteiger partial charge on any atom is 0.0654 e. The van der Waals surface area contributed by atoms with Crippen molar-refractivity contribution in [2.75, 3.05) is 0 Å². The van der Waals surface area contributed by atoms with E-state index in [0.29, 0.717) is 0 Å². The van der Waals surface area contributed by atoms with Crippen LogP contribution >= 0.6 is 0 Å². The molecule has 2 heterocycles. The minimum atomic E-state index is 1.08. The monoisotopic (exact) mass is 202 g/mol. The fourth-order valence-electron chi connectivity index (χ4n) is 2.15. The highest BCUT2D eigenvalue weighted by Crippen LogP contribution is 2.27. The number of aromatic nitrogens is 2. The van der Waals surface area contributed by atoms with E-state index in [1.165, 1.54) is 33.8 Å². The van der Waals surface area contributed by atoms with Crippen molar-refractivity contribution in [2.24, 2.45) is 0 Å². The largest absolute Gasteiger partial charge is 0.359 e. The van der Waals surface area contributed by atoms with E-state index in [1.54, 1.807) is 0 Å². The zero-order chi connectivity index (χ0) is 11.0. The van der Waals surface area contributed by atoms with Gasteiger partial charge in [0.15, 0.2) is 0 Å². The fourth-order valence-corrected chi connectivity index (χ4v) is 2.15. The van der Waals surface area contributed by atoms with Crippen molar-refractivity contribution in [3.8, 4) is 11.4 Å². The molecule has 2 nitrogen and oxygen atoms in total. The first-order valence-electron chi connectivity index (χ1n) is 5.47. The molecule has 0 radical (unpaired) electrons. The minimum absolute atomic E-state index is 1.08. The van der Waals surface area contributed by atoms with Gasteiger partial charge in [0, 0.05) is 11.9 Å². The molecule has 2 aromatic rings. The van der Waals surface area contributed by atoms with Crippen LogP contribution in [0.1, 0.15) is 29.3 Å². The predicted octanol–water partition coefficient (Wildman–Crippen LogP) is 3.50. The number of nitrogens with one attached hydrogen (secondary N) is 2. The van der Waals surface area contributed by atoms with Crippen LogP contribution in [0.15, 0.2) is 12.3 Å². The molecule has 15 heavy (non-hydrogen) atoms. The zero-order valence-electron chi connectivity index (χ0n) is 9.86. The number of rotatable bonds is 2. The van der Waals surface area contributed by atoms with E-state index in [4.69, 9.17) is 0 Å². The molecule has 0 amide bonds. The lowest BCUT2D eigenvalue weighted by molar-refractivity contribution is 1.12. The van der Waals surface area contributed by atoms with E-state index in [9.17, 15) is 0 Å². The quantitative estimate of drug-likeness (QED) is 0.747. The van der Waals surface area contributed by atoms with Crippen molar-refractivity contribution >= 4 is 0 Å². The van der Waals surface area contributed by atoms with E-state index in [2.05, 4.69) is 49.9 Å². The molecule has 0 saturated carbocycles. The lowest BCUT2D eigenvalue weighted by Crippen LogP contribution is -1.85. The highest BCUT2D eigenvalue weighted by atomic mass is 14.8. The van der Waals surface area contributed by atoms with Gasteiger partial charge in [-0.15, -0.1) is 0 Å². The lowest BCUT2D eigenvalue weighted by Gasteiger charge is -2.00. The van der Waals surface area contributed by atoms with Crippen LogP contribution < -0.4 is 0 Å². The van der Waals surface area contributed by atoms with Gasteiger partial charge in [0.1, 0.15) is 0 Å². The highest BCUT2D eigenvalue weighted by Gasteiger charge is 2.11. The van der Waals surface area contributed by atoms with Crippen LogP contribution in [-0.4, -0.2) is 9.97 Å². The summed E-state index contributed by atoms with van der Waals surface area (Å²) in [7, 11) is 0. The van der Waals surface area contributed by atoms with Crippen LogP contribution in [0.2, 0.25) is 0 Å². The number of hydrogen-bond donors (Lipinski definition) is 2. The Bertz CT molecular complexity index is 475. The average Bonchev–Trinajstić information content (AvgIpc) is 2.69. The summed E-state index contributed by atoms with van der Waals surface area (Å²) in [5.41, 5.74) is 7.75. The molecule has 0 fully saturated rings. The number of aromatic amines is 2. The van der Waals surface area contributed by atoms with Crippen molar-refractivity contribution in [2.45, 2.75) is 34.1 Å². The molecular weight excluding hydrogens is 184 g/mol. The molecule has 0 saturated heterocycles. The van der Waals surface area contributed by atoms with Gasteiger partial charge < -0.3 is 9.97 Å². The van der Waals surface area contributed by atoms with Crippen LogP contribution in [-0.2, 0) is 6.42 Å². The van der Waals surface area contributed by atoms with Gasteiger partial charge in [-0.1, -0.05) is 6.92 Å². The molecule has 80 valence electrons. The second-order valence-corrected chi connectivity index (χ2v) is 4.18. The van der Waals surface area contributed by atoms with Gasteiger partial charge in [-0.2, -0.15) is 0 Å². The normalized spacial score (nSPS) is 10.9. The summed E-state index contributed by atoms with van der Waals surface area (Å²) in [6.45, 7) is 8.60. The molecular formula is C13H18N2. The van der Waals surface area contributed by atoms with Crippen molar-refractivity contribution in [3.05, 3.63) is 34.6 Å². The molecule has 2 aromatic heterocycles. The molecule has 0 aliphatic rings. The van der Waals surface area contributed by atoms with E-state index < -0.39 is 0 Å². The number of aryl methyl sites for hydroxylation is 3. The van der Waals surface area contributed by atoms with Gasteiger partial charge in [0.2, 0.25) is 0 Å². The topological polar surface area (TPSA) is 31.6 Å². The molecule has 2 rings (SSSR count). The Labute approximate surface area is 90.7 Å². The van der Waals surface area contributed by atoms with Gasteiger partial charge in [-0.05, 0) is 49.9 Å². The Morgan fingerprint density at radius 1 is 1.13 bits per heavy atom. The smallest absolute Gasteiger partial charge is 0.0654 e. The van der Waals surface area contributed by atoms with Crippen molar-refractivity contribution in [3.63, 3.8) is 0 Å². The lowest BCUT2D eigenvalue weighted by atomic mass is 10.1. The van der Waals surface area contributed by atoms with Crippen LogP contribution in [0, 0.1) is 20.8 Å². The van der Waals surface area contributed by atoms with Gasteiger partial charge >= 0.3 is 0 Å². The molecule has 0 atom stereocenters. The summed E-state index contributed by atoms with van der Waals surface area (Å²) in [5.74, 6) is 0. The van der Waals surface area contributed by atoms with Crippen molar-refractivity contribution in [1.29, 1.82) is 0 Å². The summed E-state index contributed by atoms with van der Waals surface area (Å²) in [4.78, 5) is 6.77. The second-order valence-electron chi connectivity index (χ2n) is 4.18. The Kier molecular flexibility index (Phi) is 2.43. The first-order chi connectivity index (χ1) is 7.13. The molecule has 0 unspecified atom stereocenters. The predicted molar refractivity (Wildman–Crippen MR) is 64.2 cm³/mol. The molecule has 2 heteroatoms. The third-order valence-corrected chi connectivity index (χ3v) is 3.03. The summed E-state index contributed by atoms with van der Waals surface area (Å²) >= 11 is 0. The van der Waals surface area contributed by atoms with Crippen LogP contribution in [0.3, 0.4) is 0 Å². The summed E-state index contributed by atoms with van der Waals surface area (Å²) in [6, 6.07) is 2.18. The Balaban J connectivity index is 2.54. The molecule has 0 aliphatic carbocycles. The van der Waals surface area contributed by atoms with Gasteiger partial charge in [-0.3, -0.25) is 0 Å². The van der Waals surface area contributed by atoms with Gasteiger partial charge in [0.05, 0.1) is 11.4 Å². The maximum atomic E-state index is 3.41. The van der Waals surface area contributed by atoms with E-state index >= 15 is 0 Å². The minimum Gasteiger partial charge on any atom is -0.359 e. The first-order valence-corrected chi connectivity index (χ1v) is 5.47. The third kappa shape index (κ3) is 1.60. The number of H-pyrrole nitrogens is 2. The molecule has 0 bridgehead atoms. The van der Waals surface area contributed by atoms with Crippen LogP contribution in [0.25, 0.3) is 11.4 Å². The fraction of sp³-hybridized carbons (Fsp3) is 0.385. The van der Waals surface area contributed by atoms with Gasteiger partial charge in [-0.25, -0.2) is 0 Å². The molecule has 0 spiro atoms. The summed E-state index contributed by atoms with van der Waals surface area (Å²) < 4.78 is 0. The summed E-state index contributed by atoms with van der Waals surface area (Å²) in [6.07, 6.45) is 3.20. The van der Waals surface area contributed by atoms with E-state index in [1.807, 2.05) is 0 Å². The molecule has 0 aromatic carbocycles. The molecule has 2 N–H and O–H groups in total. The summed E-state index contributed by atoms with van der Waals surface area (Å²) in [5, 5.41) is 0. The maximum absolute atomic E-state index is 3.41. The SMILES string of the molecule is CCc1c[nH]c(-c2[nH]c(C)cc2C)c1C. The standard InChI is InChI=1S/C13H18N2/c1-5-11-7-14-13(10(11)4)12-8(2)6-9(3)15-12/h6-7,14-15H,5H2,1-4H3. The molecule has 0 aliphatic heterocycles. The van der Waals surface area contributed by atoms with Crippen LogP contribution in [0.5, 0.6) is 0 Å². The highest BCUT2D eigenvalue weighted by molar-refractivity contribution is 5.65. The van der Waals surface area contributed by atoms with Gasteiger partial charge in [0.25, 0.3) is 0 Å². The number of hydrogen-bond acceptors (Lipinski definition) is 0. The Hall–Kier alpha value is -1.44. The zero-order valence-corrected chi connectivity index (χ0v) is 9.86. The van der Waals surface area contributed by atoms with Crippen LogP contribution in [0.4, 0.5) is 0 Å².